The Morgan fingerprint density at radius 1 is 1.44 bits per heavy atom. The molecule has 96 valence electrons. The van der Waals surface area contributed by atoms with E-state index in [1.165, 1.54) is 12.1 Å². The fraction of sp³-hybridized carbons (Fsp3) is 0.308. The Kier molecular flexibility index (Phi) is 3.68. The monoisotopic (exact) mass is 267 g/mol. The average Bonchev–Trinajstić information content (AvgIpc) is 2.66. The van der Waals surface area contributed by atoms with E-state index in [0.29, 0.717) is 5.02 Å². The molecule has 0 fully saturated rings. The highest BCUT2D eigenvalue weighted by molar-refractivity contribution is 6.31. The van der Waals surface area contributed by atoms with Crippen LogP contribution < -0.4 is 5.32 Å². The quantitative estimate of drug-likeness (QED) is 0.927. The molecule has 0 saturated heterocycles. The lowest BCUT2D eigenvalue weighted by Crippen LogP contribution is -2.22. The number of hydrogen-bond donors (Lipinski definition) is 1. The number of hydrogen-bond acceptors (Lipinski definition) is 2. The van der Waals surface area contributed by atoms with Crippen LogP contribution in [0.4, 0.5) is 4.39 Å². The van der Waals surface area contributed by atoms with Gasteiger partial charge in [0, 0.05) is 7.05 Å². The highest BCUT2D eigenvalue weighted by Gasteiger charge is 2.21. The van der Waals surface area contributed by atoms with E-state index in [-0.39, 0.29) is 11.9 Å². The lowest BCUT2D eigenvalue weighted by molar-refractivity contribution is 0.589. The van der Waals surface area contributed by atoms with E-state index in [0.717, 1.165) is 16.8 Å². The summed E-state index contributed by atoms with van der Waals surface area (Å²) in [6, 6.07) is 4.57. The van der Waals surface area contributed by atoms with Gasteiger partial charge in [-0.05, 0) is 37.2 Å². The molecule has 0 spiro atoms. The lowest BCUT2D eigenvalue weighted by Gasteiger charge is -2.19. The maximum Gasteiger partial charge on any atom is 0.123 e. The standard InChI is InChI=1S/C13H15ClFN3/c1-8-4-5-9(15)6-10(8)12(16-2)13-11(14)7-17-18(13)3/h4-7,12,16H,1-3H3. The van der Waals surface area contributed by atoms with E-state index in [1.54, 1.807) is 16.9 Å². The zero-order valence-electron chi connectivity index (χ0n) is 10.5. The van der Waals surface area contributed by atoms with Crippen molar-refractivity contribution >= 4 is 11.6 Å². The van der Waals surface area contributed by atoms with Gasteiger partial charge in [0.2, 0.25) is 0 Å². The Morgan fingerprint density at radius 2 is 2.17 bits per heavy atom. The molecule has 3 nitrogen and oxygen atoms in total. The first-order valence-electron chi connectivity index (χ1n) is 5.65. The van der Waals surface area contributed by atoms with Crippen molar-refractivity contribution in [2.45, 2.75) is 13.0 Å². The topological polar surface area (TPSA) is 29.9 Å². The van der Waals surface area contributed by atoms with Crippen LogP contribution in [0, 0.1) is 12.7 Å². The van der Waals surface area contributed by atoms with Crippen molar-refractivity contribution in [1.82, 2.24) is 15.1 Å². The molecule has 1 aromatic heterocycles. The molecule has 0 aliphatic carbocycles. The average molecular weight is 268 g/mol. The molecule has 5 heteroatoms. The maximum absolute atomic E-state index is 13.4. The molecule has 0 saturated carbocycles. The molecule has 1 atom stereocenters. The molecule has 0 amide bonds. The highest BCUT2D eigenvalue weighted by Crippen LogP contribution is 2.29. The third-order valence-corrected chi connectivity index (χ3v) is 3.34. The van der Waals surface area contributed by atoms with Gasteiger partial charge >= 0.3 is 0 Å². The zero-order chi connectivity index (χ0) is 13.3. The van der Waals surface area contributed by atoms with E-state index >= 15 is 0 Å². The predicted molar refractivity (Wildman–Crippen MR) is 70.3 cm³/mol. The summed E-state index contributed by atoms with van der Waals surface area (Å²) in [5.41, 5.74) is 2.70. The number of rotatable bonds is 3. The number of halogens is 2. The van der Waals surface area contributed by atoms with Gasteiger partial charge in [0.1, 0.15) is 5.82 Å². The van der Waals surface area contributed by atoms with Gasteiger partial charge in [0.15, 0.2) is 0 Å². The molecule has 0 radical (unpaired) electrons. The van der Waals surface area contributed by atoms with Crippen molar-refractivity contribution in [3.8, 4) is 0 Å². The van der Waals surface area contributed by atoms with Crippen LogP contribution >= 0.6 is 11.6 Å². The van der Waals surface area contributed by atoms with Crippen molar-refractivity contribution < 1.29 is 4.39 Å². The van der Waals surface area contributed by atoms with Crippen LogP contribution in [-0.4, -0.2) is 16.8 Å². The van der Waals surface area contributed by atoms with Gasteiger partial charge in [-0.1, -0.05) is 17.7 Å². The Hall–Kier alpha value is -1.39. The Labute approximate surface area is 111 Å². The van der Waals surface area contributed by atoms with Crippen LogP contribution in [0.1, 0.15) is 22.9 Å². The fourth-order valence-electron chi connectivity index (χ4n) is 2.11. The second-order valence-corrected chi connectivity index (χ2v) is 4.63. The normalized spacial score (nSPS) is 12.7. The molecule has 0 aliphatic rings. The summed E-state index contributed by atoms with van der Waals surface area (Å²) in [5, 5.41) is 7.84. The summed E-state index contributed by atoms with van der Waals surface area (Å²) in [6.45, 7) is 1.95. The maximum atomic E-state index is 13.4. The Bertz CT molecular complexity index is 546. The van der Waals surface area contributed by atoms with Crippen LogP contribution in [-0.2, 0) is 7.05 Å². The first-order valence-corrected chi connectivity index (χ1v) is 6.03. The first-order chi connectivity index (χ1) is 8.54. The summed E-state index contributed by atoms with van der Waals surface area (Å²) in [7, 11) is 3.64. The van der Waals surface area contributed by atoms with E-state index in [9.17, 15) is 4.39 Å². The van der Waals surface area contributed by atoms with Gasteiger partial charge < -0.3 is 5.32 Å². The second-order valence-electron chi connectivity index (χ2n) is 4.22. The molecule has 0 aliphatic heterocycles. The molecule has 1 heterocycles. The summed E-state index contributed by atoms with van der Waals surface area (Å²) < 4.78 is 15.1. The summed E-state index contributed by atoms with van der Waals surface area (Å²) in [4.78, 5) is 0. The fourth-order valence-corrected chi connectivity index (χ4v) is 2.38. The predicted octanol–water partition coefficient (Wildman–Crippen LogP) is 2.83. The van der Waals surface area contributed by atoms with Gasteiger partial charge in [-0.25, -0.2) is 4.39 Å². The van der Waals surface area contributed by atoms with Crippen LogP contribution in [0.5, 0.6) is 0 Å². The van der Waals surface area contributed by atoms with Gasteiger partial charge in [-0.3, -0.25) is 4.68 Å². The van der Waals surface area contributed by atoms with Crippen molar-refractivity contribution in [2.24, 2.45) is 7.05 Å². The van der Waals surface area contributed by atoms with Crippen LogP contribution in [0.3, 0.4) is 0 Å². The molecule has 2 aromatic rings. The van der Waals surface area contributed by atoms with E-state index < -0.39 is 0 Å². The largest absolute Gasteiger partial charge is 0.308 e. The highest BCUT2D eigenvalue weighted by atomic mass is 35.5. The van der Waals surface area contributed by atoms with E-state index in [1.807, 2.05) is 21.0 Å². The summed E-state index contributed by atoms with van der Waals surface area (Å²) >= 11 is 6.14. The minimum atomic E-state index is -0.255. The van der Waals surface area contributed by atoms with Crippen LogP contribution in [0.25, 0.3) is 0 Å². The third-order valence-electron chi connectivity index (χ3n) is 3.05. The van der Waals surface area contributed by atoms with Crippen molar-refractivity contribution in [3.63, 3.8) is 0 Å². The van der Waals surface area contributed by atoms with Gasteiger partial charge in [-0.15, -0.1) is 0 Å². The lowest BCUT2D eigenvalue weighted by atomic mass is 9.98. The second kappa shape index (κ2) is 5.08. The minimum Gasteiger partial charge on any atom is -0.308 e. The molecule has 2 rings (SSSR count). The summed E-state index contributed by atoms with van der Waals surface area (Å²) in [6.07, 6.45) is 1.59. The van der Waals surface area contributed by atoms with Gasteiger partial charge in [-0.2, -0.15) is 5.10 Å². The van der Waals surface area contributed by atoms with Crippen LogP contribution in [0.15, 0.2) is 24.4 Å². The number of aryl methyl sites for hydroxylation is 2. The first kappa shape index (κ1) is 13.1. The van der Waals surface area contributed by atoms with Gasteiger partial charge in [0.05, 0.1) is 23.0 Å². The number of benzene rings is 1. The minimum absolute atomic E-state index is 0.180. The van der Waals surface area contributed by atoms with Crippen molar-refractivity contribution in [2.75, 3.05) is 7.05 Å². The molecule has 1 unspecified atom stereocenters. The van der Waals surface area contributed by atoms with E-state index in [4.69, 9.17) is 11.6 Å². The number of nitrogens with one attached hydrogen (secondary N) is 1. The molecule has 1 aromatic carbocycles. The van der Waals surface area contributed by atoms with Crippen molar-refractivity contribution in [3.05, 3.63) is 52.1 Å². The molecule has 1 N–H and O–H groups in total. The van der Waals surface area contributed by atoms with Crippen molar-refractivity contribution in [1.29, 1.82) is 0 Å². The van der Waals surface area contributed by atoms with Crippen LogP contribution in [0.2, 0.25) is 5.02 Å². The third kappa shape index (κ3) is 2.26. The molecule has 18 heavy (non-hydrogen) atoms. The number of nitrogens with zero attached hydrogens (tertiary/aromatic N) is 2. The zero-order valence-corrected chi connectivity index (χ0v) is 11.3. The molecule has 0 bridgehead atoms. The number of aromatic nitrogens is 2. The van der Waals surface area contributed by atoms with Gasteiger partial charge in [0.25, 0.3) is 0 Å². The molecular formula is C13H15ClFN3. The molecular weight excluding hydrogens is 253 g/mol. The smallest absolute Gasteiger partial charge is 0.123 e. The summed E-state index contributed by atoms with van der Waals surface area (Å²) in [5.74, 6) is -0.255. The SMILES string of the molecule is CNC(c1cc(F)ccc1C)c1c(Cl)cnn1C. The Morgan fingerprint density at radius 3 is 2.72 bits per heavy atom. The Balaban J connectivity index is 2.55. The van der Waals surface area contributed by atoms with E-state index in [2.05, 4.69) is 10.4 Å².